The van der Waals surface area contributed by atoms with Gasteiger partial charge in [0, 0.05) is 12.1 Å². The molecule has 0 saturated carbocycles. The van der Waals surface area contributed by atoms with E-state index < -0.39 is 0 Å². The van der Waals surface area contributed by atoms with Crippen LogP contribution in [0.1, 0.15) is 23.6 Å². The van der Waals surface area contributed by atoms with Crippen molar-refractivity contribution < 1.29 is 9.53 Å². The van der Waals surface area contributed by atoms with Crippen LogP contribution in [0.25, 0.3) is 5.69 Å². The standard InChI is InChI=1S/C26H23N5O2S/c1-33-22-14-12-20(13-15-22)24-16-23(19-8-4-2-5-9-19)29-31(24)25(32)17-34-26-28-27-18-30(26)21-10-6-3-7-11-21/h2-15,18,24H,16-17H2,1H3. The predicted molar refractivity (Wildman–Crippen MR) is 132 cm³/mol. The van der Waals surface area contributed by atoms with Crippen molar-refractivity contribution in [2.75, 3.05) is 12.9 Å². The molecule has 0 N–H and O–H groups in total. The summed E-state index contributed by atoms with van der Waals surface area (Å²) in [5, 5.41) is 15.3. The van der Waals surface area contributed by atoms with E-state index in [1.54, 1.807) is 18.4 Å². The number of rotatable bonds is 7. The number of thioether (sulfide) groups is 1. The molecule has 3 aromatic carbocycles. The number of hydrogen-bond acceptors (Lipinski definition) is 6. The number of hydrogen-bond donors (Lipinski definition) is 0. The molecule has 0 aliphatic carbocycles. The van der Waals surface area contributed by atoms with Crippen LogP contribution in [0.3, 0.4) is 0 Å². The van der Waals surface area contributed by atoms with Crippen molar-refractivity contribution >= 4 is 23.4 Å². The number of methoxy groups -OCH3 is 1. The summed E-state index contributed by atoms with van der Waals surface area (Å²) in [7, 11) is 1.64. The zero-order valence-electron chi connectivity index (χ0n) is 18.6. The number of carbonyl (C=O) groups is 1. The second kappa shape index (κ2) is 9.93. The average molecular weight is 470 g/mol. The predicted octanol–water partition coefficient (Wildman–Crippen LogP) is 4.75. The molecular formula is C26H23N5O2S. The molecule has 34 heavy (non-hydrogen) atoms. The van der Waals surface area contributed by atoms with Crippen LogP contribution in [0.15, 0.2) is 102 Å². The van der Waals surface area contributed by atoms with E-state index in [1.165, 1.54) is 11.8 Å². The van der Waals surface area contributed by atoms with Gasteiger partial charge in [-0.2, -0.15) is 5.10 Å². The molecule has 0 saturated heterocycles. The number of para-hydroxylation sites is 1. The minimum Gasteiger partial charge on any atom is -0.497 e. The van der Waals surface area contributed by atoms with E-state index in [0.717, 1.165) is 28.3 Å². The fourth-order valence-corrected chi connectivity index (χ4v) is 4.69. The van der Waals surface area contributed by atoms with Crippen LogP contribution < -0.4 is 4.74 Å². The van der Waals surface area contributed by atoms with Crippen molar-refractivity contribution in [1.29, 1.82) is 0 Å². The van der Waals surface area contributed by atoms with Crippen LogP contribution in [0.4, 0.5) is 0 Å². The number of ether oxygens (including phenoxy) is 1. The number of carbonyl (C=O) groups excluding carboxylic acids is 1. The third kappa shape index (κ3) is 4.58. The van der Waals surface area contributed by atoms with Crippen molar-refractivity contribution in [3.63, 3.8) is 0 Å². The number of nitrogens with zero attached hydrogens (tertiary/aromatic N) is 5. The summed E-state index contributed by atoms with van der Waals surface area (Å²) in [6.07, 6.45) is 2.30. The van der Waals surface area contributed by atoms with Gasteiger partial charge in [0.2, 0.25) is 0 Å². The lowest BCUT2D eigenvalue weighted by Gasteiger charge is -2.22. The Morgan fingerprint density at radius 1 is 1.00 bits per heavy atom. The molecule has 0 fully saturated rings. The summed E-state index contributed by atoms with van der Waals surface area (Å²) < 4.78 is 7.17. The van der Waals surface area contributed by atoms with E-state index in [1.807, 2.05) is 89.5 Å². The summed E-state index contributed by atoms with van der Waals surface area (Å²) in [6.45, 7) is 0. The Morgan fingerprint density at radius 3 is 2.41 bits per heavy atom. The molecule has 4 aromatic rings. The molecule has 1 aliphatic rings. The highest BCUT2D eigenvalue weighted by atomic mass is 32.2. The zero-order chi connectivity index (χ0) is 23.3. The van der Waals surface area contributed by atoms with E-state index in [9.17, 15) is 4.79 Å². The molecule has 1 aromatic heterocycles. The minimum atomic E-state index is -0.179. The third-order valence-electron chi connectivity index (χ3n) is 5.65. The summed E-state index contributed by atoms with van der Waals surface area (Å²) in [5.41, 5.74) is 3.88. The van der Waals surface area contributed by atoms with Crippen LogP contribution in [0.2, 0.25) is 0 Å². The molecule has 1 atom stereocenters. The first-order valence-corrected chi connectivity index (χ1v) is 11.9. The maximum atomic E-state index is 13.4. The quantitative estimate of drug-likeness (QED) is 0.366. The number of benzene rings is 3. The first kappa shape index (κ1) is 21.9. The number of amides is 1. The van der Waals surface area contributed by atoms with Crippen molar-refractivity contribution in [3.05, 3.63) is 102 Å². The van der Waals surface area contributed by atoms with Gasteiger partial charge >= 0.3 is 0 Å². The van der Waals surface area contributed by atoms with Crippen molar-refractivity contribution in [1.82, 2.24) is 19.8 Å². The van der Waals surface area contributed by atoms with Gasteiger partial charge in [-0.1, -0.05) is 72.4 Å². The summed E-state index contributed by atoms with van der Waals surface area (Å²) in [6, 6.07) is 27.4. The largest absolute Gasteiger partial charge is 0.497 e. The molecule has 0 spiro atoms. The Morgan fingerprint density at radius 2 is 1.71 bits per heavy atom. The molecule has 1 amide bonds. The van der Waals surface area contributed by atoms with Gasteiger partial charge in [-0.3, -0.25) is 9.36 Å². The summed E-state index contributed by atoms with van der Waals surface area (Å²) in [4.78, 5) is 13.4. The number of aromatic nitrogens is 3. The molecule has 5 rings (SSSR count). The summed E-state index contributed by atoms with van der Waals surface area (Å²) in [5.74, 6) is 0.892. The van der Waals surface area contributed by atoms with Crippen molar-refractivity contribution in [2.24, 2.45) is 5.10 Å². The highest BCUT2D eigenvalue weighted by Gasteiger charge is 2.33. The Labute approximate surface area is 202 Å². The zero-order valence-corrected chi connectivity index (χ0v) is 19.4. The molecule has 170 valence electrons. The minimum absolute atomic E-state index is 0.0839. The Balaban J connectivity index is 1.38. The lowest BCUT2D eigenvalue weighted by Crippen LogP contribution is -2.28. The van der Waals surface area contributed by atoms with E-state index in [-0.39, 0.29) is 17.7 Å². The lowest BCUT2D eigenvalue weighted by atomic mass is 9.98. The van der Waals surface area contributed by atoms with Crippen LogP contribution >= 0.6 is 11.8 Å². The second-order valence-corrected chi connectivity index (χ2v) is 8.69. The van der Waals surface area contributed by atoms with Crippen LogP contribution in [-0.4, -0.2) is 44.3 Å². The molecule has 0 bridgehead atoms. The smallest absolute Gasteiger partial charge is 0.253 e. The first-order chi connectivity index (χ1) is 16.7. The van der Waals surface area contributed by atoms with E-state index in [2.05, 4.69) is 10.2 Å². The van der Waals surface area contributed by atoms with E-state index >= 15 is 0 Å². The second-order valence-electron chi connectivity index (χ2n) is 7.75. The highest BCUT2D eigenvalue weighted by Crippen LogP contribution is 2.34. The SMILES string of the molecule is COc1ccc(C2CC(c3ccccc3)=NN2C(=O)CSc2nncn2-c2ccccc2)cc1. The van der Waals surface area contributed by atoms with Gasteiger partial charge in [0.15, 0.2) is 5.16 Å². The Bertz CT molecular complexity index is 1290. The summed E-state index contributed by atoms with van der Waals surface area (Å²) >= 11 is 1.35. The number of hydrazone groups is 1. The van der Waals surface area contributed by atoms with Gasteiger partial charge in [0.05, 0.1) is 24.6 Å². The van der Waals surface area contributed by atoms with Gasteiger partial charge in [0.25, 0.3) is 5.91 Å². The molecule has 2 heterocycles. The monoisotopic (exact) mass is 469 g/mol. The average Bonchev–Trinajstić information content (AvgIpc) is 3.56. The molecule has 7 nitrogen and oxygen atoms in total. The van der Waals surface area contributed by atoms with Gasteiger partial charge in [-0.25, -0.2) is 5.01 Å². The van der Waals surface area contributed by atoms with E-state index in [0.29, 0.717) is 11.6 Å². The van der Waals surface area contributed by atoms with Crippen LogP contribution in [-0.2, 0) is 4.79 Å². The maximum Gasteiger partial charge on any atom is 0.253 e. The maximum absolute atomic E-state index is 13.4. The van der Waals surface area contributed by atoms with Crippen molar-refractivity contribution in [2.45, 2.75) is 17.6 Å². The van der Waals surface area contributed by atoms with Gasteiger partial charge in [-0.15, -0.1) is 10.2 Å². The third-order valence-corrected chi connectivity index (χ3v) is 6.58. The molecule has 8 heteroatoms. The Kier molecular flexibility index (Phi) is 6.40. The van der Waals surface area contributed by atoms with Gasteiger partial charge in [-0.05, 0) is 35.4 Å². The van der Waals surface area contributed by atoms with Gasteiger partial charge in [0.1, 0.15) is 12.1 Å². The molecular weight excluding hydrogens is 446 g/mol. The molecule has 1 aliphatic heterocycles. The van der Waals surface area contributed by atoms with E-state index in [4.69, 9.17) is 9.84 Å². The van der Waals surface area contributed by atoms with Crippen LogP contribution in [0.5, 0.6) is 5.75 Å². The topological polar surface area (TPSA) is 72.6 Å². The lowest BCUT2D eigenvalue weighted by molar-refractivity contribution is -0.130. The van der Waals surface area contributed by atoms with Gasteiger partial charge < -0.3 is 4.74 Å². The molecule has 0 radical (unpaired) electrons. The highest BCUT2D eigenvalue weighted by molar-refractivity contribution is 7.99. The fourth-order valence-electron chi connectivity index (χ4n) is 3.91. The fraction of sp³-hybridized carbons (Fsp3) is 0.154. The normalized spacial score (nSPS) is 15.3. The van der Waals surface area contributed by atoms with Crippen molar-refractivity contribution in [3.8, 4) is 11.4 Å². The van der Waals surface area contributed by atoms with Crippen LogP contribution in [0, 0.1) is 0 Å². The Hall–Kier alpha value is -3.91. The first-order valence-electron chi connectivity index (χ1n) is 10.9. The molecule has 1 unspecified atom stereocenters.